The molecule has 3 rings (SSSR count). The Morgan fingerprint density at radius 3 is 2.45 bits per heavy atom. The Morgan fingerprint density at radius 1 is 1.14 bits per heavy atom. The van der Waals surface area contributed by atoms with Crippen molar-refractivity contribution in [1.82, 2.24) is 14.9 Å². The van der Waals surface area contributed by atoms with Gasteiger partial charge in [0.2, 0.25) is 5.95 Å². The fraction of sp³-hybridized carbons (Fsp3) is 0.267. The Balaban J connectivity index is 1.72. The van der Waals surface area contributed by atoms with Crippen molar-refractivity contribution in [2.45, 2.75) is 12.8 Å². The molecule has 0 spiro atoms. The standard InChI is InChI=1S/C15H14Cl2N4O/c16-11-3-4-13(12(17)7-11)20-15-18-8-10(9-19-15)14(22)21-5-1-2-6-21/h3-4,7-9H,1-2,5-6H2,(H,18,19,20). The highest BCUT2D eigenvalue weighted by atomic mass is 35.5. The van der Waals surface area contributed by atoms with Crippen LogP contribution in [-0.4, -0.2) is 33.9 Å². The van der Waals surface area contributed by atoms with Crippen molar-refractivity contribution in [2.24, 2.45) is 0 Å². The maximum atomic E-state index is 12.2. The number of nitrogens with zero attached hydrogens (tertiary/aromatic N) is 3. The second-order valence-electron chi connectivity index (χ2n) is 5.04. The summed E-state index contributed by atoms with van der Waals surface area (Å²) in [7, 11) is 0. The molecular weight excluding hydrogens is 323 g/mol. The molecule has 1 aromatic carbocycles. The van der Waals surface area contributed by atoms with E-state index in [1.54, 1.807) is 18.2 Å². The number of carbonyl (C=O) groups excluding carboxylic acids is 1. The topological polar surface area (TPSA) is 58.1 Å². The van der Waals surface area contributed by atoms with Crippen molar-refractivity contribution in [3.8, 4) is 0 Å². The molecule has 0 saturated carbocycles. The molecule has 0 radical (unpaired) electrons. The predicted octanol–water partition coefficient (Wildman–Crippen LogP) is 3.76. The third kappa shape index (κ3) is 3.31. The monoisotopic (exact) mass is 336 g/mol. The molecule has 7 heteroatoms. The first-order valence-electron chi connectivity index (χ1n) is 6.97. The number of halogens is 2. The summed E-state index contributed by atoms with van der Waals surface area (Å²) in [6.45, 7) is 1.61. The molecular formula is C15H14Cl2N4O. The number of nitrogens with one attached hydrogen (secondary N) is 1. The second kappa shape index (κ2) is 6.50. The van der Waals surface area contributed by atoms with E-state index in [0.29, 0.717) is 27.2 Å². The first-order valence-corrected chi connectivity index (χ1v) is 7.72. The van der Waals surface area contributed by atoms with Gasteiger partial charge in [-0.1, -0.05) is 23.2 Å². The summed E-state index contributed by atoms with van der Waals surface area (Å²) in [5.41, 5.74) is 1.15. The number of aromatic nitrogens is 2. The lowest BCUT2D eigenvalue weighted by molar-refractivity contribution is 0.0792. The van der Waals surface area contributed by atoms with Crippen molar-refractivity contribution in [3.63, 3.8) is 0 Å². The van der Waals surface area contributed by atoms with Gasteiger partial charge < -0.3 is 10.2 Å². The molecule has 0 bridgehead atoms. The van der Waals surface area contributed by atoms with Crippen LogP contribution >= 0.6 is 23.2 Å². The average Bonchev–Trinajstić information content (AvgIpc) is 3.04. The van der Waals surface area contributed by atoms with Gasteiger partial charge in [-0.2, -0.15) is 0 Å². The van der Waals surface area contributed by atoms with Gasteiger partial charge in [0.15, 0.2) is 0 Å². The Kier molecular flexibility index (Phi) is 4.45. The molecule has 22 heavy (non-hydrogen) atoms. The van der Waals surface area contributed by atoms with Crippen LogP contribution in [0.5, 0.6) is 0 Å². The number of hydrogen-bond acceptors (Lipinski definition) is 4. The van der Waals surface area contributed by atoms with Crippen molar-refractivity contribution in [2.75, 3.05) is 18.4 Å². The van der Waals surface area contributed by atoms with E-state index in [-0.39, 0.29) is 5.91 Å². The van der Waals surface area contributed by atoms with Gasteiger partial charge in [-0.15, -0.1) is 0 Å². The van der Waals surface area contributed by atoms with Crippen LogP contribution in [0.15, 0.2) is 30.6 Å². The van der Waals surface area contributed by atoms with E-state index in [0.717, 1.165) is 25.9 Å². The predicted molar refractivity (Wildman–Crippen MR) is 86.9 cm³/mol. The molecule has 1 aliphatic rings. The first-order chi connectivity index (χ1) is 10.6. The minimum Gasteiger partial charge on any atom is -0.339 e. The van der Waals surface area contributed by atoms with Gasteiger partial charge in [0.05, 0.1) is 16.3 Å². The Labute approximate surface area is 138 Å². The molecule has 2 aromatic rings. The third-order valence-corrected chi connectivity index (χ3v) is 4.02. The summed E-state index contributed by atoms with van der Waals surface area (Å²) in [5.74, 6) is 0.357. The van der Waals surface area contributed by atoms with Gasteiger partial charge in [-0.25, -0.2) is 9.97 Å². The maximum absolute atomic E-state index is 12.2. The zero-order valence-electron chi connectivity index (χ0n) is 11.7. The van der Waals surface area contributed by atoms with Gasteiger partial charge in [0.1, 0.15) is 0 Å². The molecule has 0 unspecified atom stereocenters. The summed E-state index contributed by atoms with van der Waals surface area (Å²) in [6, 6.07) is 5.11. The first kappa shape index (κ1) is 15.1. The average molecular weight is 337 g/mol. The summed E-state index contributed by atoms with van der Waals surface area (Å²) in [6.07, 6.45) is 5.17. The van der Waals surface area contributed by atoms with E-state index in [1.807, 2.05) is 4.90 Å². The number of rotatable bonds is 3. The SMILES string of the molecule is O=C(c1cnc(Nc2ccc(Cl)cc2Cl)nc1)N1CCCC1. The van der Waals surface area contributed by atoms with E-state index in [2.05, 4.69) is 15.3 Å². The van der Waals surface area contributed by atoms with E-state index in [9.17, 15) is 4.79 Å². The highest BCUT2D eigenvalue weighted by molar-refractivity contribution is 6.36. The molecule has 1 amide bonds. The Bertz CT molecular complexity index is 684. The molecule has 1 aromatic heterocycles. The molecule has 5 nitrogen and oxygen atoms in total. The highest BCUT2D eigenvalue weighted by Crippen LogP contribution is 2.27. The van der Waals surface area contributed by atoms with Gasteiger partial charge in [0, 0.05) is 30.5 Å². The summed E-state index contributed by atoms with van der Waals surface area (Å²) in [5, 5.41) is 4.04. The van der Waals surface area contributed by atoms with E-state index in [1.165, 1.54) is 12.4 Å². The molecule has 114 valence electrons. The lowest BCUT2D eigenvalue weighted by atomic mass is 10.3. The van der Waals surface area contributed by atoms with Crippen molar-refractivity contribution in [1.29, 1.82) is 0 Å². The van der Waals surface area contributed by atoms with E-state index in [4.69, 9.17) is 23.2 Å². The van der Waals surface area contributed by atoms with Crippen LogP contribution in [0, 0.1) is 0 Å². The molecule has 1 N–H and O–H groups in total. The summed E-state index contributed by atoms with van der Waals surface area (Å²) < 4.78 is 0. The van der Waals surface area contributed by atoms with Crippen LogP contribution in [0.2, 0.25) is 10.0 Å². The van der Waals surface area contributed by atoms with Gasteiger partial charge in [0.25, 0.3) is 5.91 Å². The van der Waals surface area contributed by atoms with Crippen LogP contribution in [0.25, 0.3) is 0 Å². The highest BCUT2D eigenvalue weighted by Gasteiger charge is 2.20. The summed E-state index contributed by atoms with van der Waals surface area (Å²) in [4.78, 5) is 22.4. The number of carbonyl (C=O) groups is 1. The fourth-order valence-electron chi connectivity index (χ4n) is 2.32. The van der Waals surface area contributed by atoms with Gasteiger partial charge in [-0.05, 0) is 31.0 Å². The van der Waals surface area contributed by atoms with Crippen LogP contribution in [0.4, 0.5) is 11.6 Å². The molecule has 0 aliphatic carbocycles. The molecule has 1 aliphatic heterocycles. The molecule has 0 atom stereocenters. The van der Waals surface area contributed by atoms with Gasteiger partial charge >= 0.3 is 0 Å². The number of amides is 1. The summed E-state index contributed by atoms with van der Waals surface area (Å²) >= 11 is 11.9. The molecule has 1 fully saturated rings. The van der Waals surface area contributed by atoms with E-state index < -0.39 is 0 Å². The largest absolute Gasteiger partial charge is 0.339 e. The number of likely N-dealkylation sites (tertiary alicyclic amines) is 1. The van der Waals surface area contributed by atoms with Crippen LogP contribution in [-0.2, 0) is 0 Å². The van der Waals surface area contributed by atoms with Crippen LogP contribution in [0.3, 0.4) is 0 Å². The third-order valence-electron chi connectivity index (χ3n) is 3.47. The molecule has 1 saturated heterocycles. The van der Waals surface area contributed by atoms with Crippen LogP contribution < -0.4 is 5.32 Å². The normalized spacial score (nSPS) is 14.2. The van der Waals surface area contributed by atoms with Crippen molar-refractivity contribution in [3.05, 3.63) is 46.2 Å². The minimum absolute atomic E-state index is 0.0198. The minimum atomic E-state index is -0.0198. The molecule has 2 heterocycles. The van der Waals surface area contributed by atoms with Crippen LogP contribution in [0.1, 0.15) is 23.2 Å². The lowest BCUT2D eigenvalue weighted by Crippen LogP contribution is -2.27. The Morgan fingerprint density at radius 2 is 1.82 bits per heavy atom. The number of benzene rings is 1. The quantitative estimate of drug-likeness (QED) is 0.926. The van der Waals surface area contributed by atoms with Crippen molar-refractivity contribution < 1.29 is 4.79 Å². The zero-order valence-corrected chi connectivity index (χ0v) is 13.2. The fourth-order valence-corrected chi connectivity index (χ4v) is 2.77. The second-order valence-corrected chi connectivity index (χ2v) is 5.89. The van der Waals surface area contributed by atoms with Crippen molar-refractivity contribution >= 4 is 40.7 Å². The lowest BCUT2D eigenvalue weighted by Gasteiger charge is -2.14. The smallest absolute Gasteiger partial charge is 0.256 e. The van der Waals surface area contributed by atoms with E-state index >= 15 is 0 Å². The zero-order chi connectivity index (χ0) is 15.5. The Hall–Kier alpha value is -1.85. The van der Waals surface area contributed by atoms with Gasteiger partial charge in [-0.3, -0.25) is 4.79 Å². The maximum Gasteiger partial charge on any atom is 0.256 e. The number of hydrogen-bond donors (Lipinski definition) is 1. The number of anilines is 2.